The van der Waals surface area contributed by atoms with Gasteiger partial charge in [0.05, 0.1) is 11.4 Å². The number of anilines is 3. The molecule has 15 rings (SSSR count). The zero-order valence-corrected chi connectivity index (χ0v) is 36.9. The molecule has 5 aliphatic carbocycles. The van der Waals surface area contributed by atoms with Gasteiger partial charge in [0.1, 0.15) is 11.2 Å². The molecule has 1 spiro atoms. The third kappa shape index (κ3) is 5.54. The van der Waals surface area contributed by atoms with E-state index < -0.39 is 0 Å². The first-order valence-corrected chi connectivity index (χ1v) is 24.1. The number of rotatable bonds is 7. The first-order chi connectivity index (χ1) is 32.7. The lowest BCUT2D eigenvalue weighted by molar-refractivity contribution is -0.0399. The number of para-hydroxylation sites is 2. The molecule has 10 aromatic rings. The number of fused-ring (bicyclic) bond motifs is 6. The van der Waals surface area contributed by atoms with Crippen LogP contribution in [0.3, 0.4) is 0 Å². The van der Waals surface area contributed by atoms with Gasteiger partial charge in [0.2, 0.25) is 0 Å². The van der Waals surface area contributed by atoms with E-state index in [0.717, 1.165) is 50.7 Å². The molecule has 0 amide bonds. The molecular weight excluding hydrogens is 799 g/mol. The van der Waals surface area contributed by atoms with Crippen molar-refractivity contribution in [2.24, 2.45) is 23.7 Å². The van der Waals surface area contributed by atoms with Crippen molar-refractivity contribution in [1.29, 1.82) is 0 Å². The third-order valence-electron chi connectivity index (χ3n) is 16.3. The first kappa shape index (κ1) is 37.9. The van der Waals surface area contributed by atoms with Crippen LogP contribution in [-0.4, -0.2) is 0 Å². The maximum Gasteiger partial charge on any atom is 0.136 e. The van der Waals surface area contributed by atoms with Crippen LogP contribution in [0, 0.1) is 23.7 Å². The summed E-state index contributed by atoms with van der Waals surface area (Å²) in [4.78, 5) is 2.61. The van der Waals surface area contributed by atoms with E-state index in [1.165, 1.54) is 87.9 Å². The van der Waals surface area contributed by atoms with Crippen LogP contribution in [-0.2, 0) is 5.41 Å². The standard InChI is InChI=1S/C64H49NO/c1-2-17-43(18-3-1)48-21-4-5-22-50(48)51-23-6-7-24-52(51)53-25-9-12-31-58(53)65(47-20-14-19-44(40-47)49-28-15-34-61-62(49)55-27-10-13-33-60(55)66-61)59-32-16-30-57-63(59)54-26-8-11-29-56(54)64(57)45-36-41-35-42(38-45)39-46(64)37-41/h1-34,40-42,45-46H,35-39H2. The Labute approximate surface area is 386 Å². The molecule has 4 fully saturated rings. The average Bonchev–Trinajstić information content (AvgIpc) is 3.91. The summed E-state index contributed by atoms with van der Waals surface area (Å²) in [5, 5.41) is 2.29. The van der Waals surface area contributed by atoms with Crippen LogP contribution < -0.4 is 4.90 Å². The van der Waals surface area contributed by atoms with Gasteiger partial charge in [-0.25, -0.2) is 0 Å². The van der Waals surface area contributed by atoms with Crippen molar-refractivity contribution in [3.8, 4) is 55.6 Å². The van der Waals surface area contributed by atoms with Gasteiger partial charge in [0.15, 0.2) is 0 Å². The Balaban J connectivity index is 1.02. The Morgan fingerprint density at radius 1 is 0.379 bits per heavy atom. The second kappa shape index (κ2) is 14.8. The summed E-state index contributed by atoms with van der Waals surface area (Å²) in [6.45, 7) is 0. The Kier molecular flexibility index (Phi) is 8.50. The van der Waals surface area contributed by atoms with Crippen molar-refractivity contribution in [2.75, 3.05) is 4.90 Å². The van der Waals surface area contributed by atoms with Gasteiger partial charge >= 0.3 is 0 Å². The van der Waals surface area contributed by atoms with Gasteiger partial charge in [-0.2, -0.15) is 0 Å². The molecule has 0 saturated heterocycles. The van der Waals surface area contributed by atoms with Crippen molar-refractivity contribution in [3.05, 3.63) is 223 Å². The van der Waals surface area contributed by atoms with Gasteiger partial charge in [0.25, 0.3) is 0 Å². The van der Waals surface area contributed by atoms with Gasteiger partial charge in [0, 0.05) is 33.0 Å². The third-order valence-corrected chi connectivity index (χ3v) is 16.3. The zero-order chi connectivity index (χ0) is 43.3. The van der Waals surface area contributed by atoms with E-state index in [9.17, 15) is 0 Å². The van der Waals surface area contributed by atoms with Crippen LogP contribution >= 0.6 is 0 Å². The first-order valence-electron chi connectivity index (χ1n) is 24.1. The fourth-order valence-corrected chi connectivity index (χ4v) is 14.0. The van der Waals surface area contributed by atoms with E-state index >= 15 is 0 Å². The van der Waals surface area contributed by atoms with Crippen LogP contribution in [0.15, 0.2) is 217 Å². The van der Waals surface area contributed by atoms with Crippen molar-refractivity contribution in [3.63, 3.8) is 0 Å². The van der Waals surface area contributed by atoms with Crippen molar-refractivity contribution >= 4 is 39.0 Å². The van der Waals surface area contributed by atoms with E-state index in [1.807, 2.05) is 0 Å². The minimum absolute atomic E-state index is 0.0497. The molecule has 0 radical (unpaired) electrons. The SMILES string of the molecule is c1ccc(-c2ccccc2-c2ccccc2-c2ccccc2N(c2cccc(-c3cccc4oc5ccccc5c34)c2)c2cccc3c2-c2ccccc2C32C3CC4CC(C3)CC2C4)cc1. The number of hydrogen-bond donors (Lipinski definition) is 0. The van der Waals surface area contributed by atoms with Gasteiger partial charge in [-0.05, 0) is 148 Å². The molecule has 4 saturated carbocycles. The van der Waals surface area contributed by atoms with Crippen LogP contribution in [0.1, 0.15) is 43.2 Å². The lowest BCUT2D eigenvalue weighted by Gasteiger charge is -2.61. The number of benzene rings is 9. The van der Waals surface area contributed by atoms with Crippen molar-refractivity contribution in [1.82, 2.24) is 0 Å². The summed E-state index contributed by atoms with van der Waals surface area (Å²) in [5.41, 5.74) is 21.0. The smallest absolute Gasteiger partial charge is 0.136 e. The van der Waals surface area contributed by atoms with E-state index in [1.54, 1.807) is 11.1 Å². The largest absolute Gasteiger partial charge is 0.456 e. The quantitative estimate of drug-likeness (QED) is 0.159. The van der Waals surface area contributed by atoms with Crippen molar-refractivity contribution in [2.45, 2.75) is 37.5 Å². The number of furan rings is 1. The molecule has 1 aromatic heterocycles. The highest BCUT2D eigenvalue weighted by atomic mass is 16.3. The Bertz CT molecular complexity index is 3490. The summed E-state index contributed by atoms with van der Waals surface area (Å²) < 4.78 is 6.45. The van der Waals surface area contributed by atoms with E-state index in [4.69, 9.17) is 4.42 Å². The summed E-state index contributed by atoms with van der Waals surface area (Å²) >= 11 is 0. The molecule has 0 aliphatic heterocycles. The zero-order valence-electron chi connectivity index (χ0n) is 36.9. The van der Waals surface area contributed by atoms with Gasteiger partial charge in [-0.15, -0.1) is 0 Å². The highest BCUT2D eigenvalue weighted by Crippen LogP contribution is 2.70. The lowest BCUT2D eigenvalue weighted by atomic mass is 9.43. The maximum atomic E-state index is 6.45. The van der Waals surface area contributed by atoms with E-state index in [2.05, 4.69) is 217 Å². The molecule has 0 atom stereocenters. The maximum absolute atomic E-state index is 6.45. The predicted molar refractivity (Wildman–Crippen MR) is 273 cm³/mol. The highest BCUT2D eigenvalue weighted by molar-refractivity contribution is 6.12. The molecule has 9 aromatic carbocycles. The molecule has 1 heterocycles. The molecule has 0 N–H and O–H groups in total. The molecule has 2 heteroatoms. The van der Waals surface area contributed by atoms with E-state index in [-0.39, 0.29) is 5.41 Å². The van der Waals surface area contributed by atoms with Crippen LogP contribution in [0.25, 0.3) is 77.6 Å². The average molecular weight is 848 g/mol. The summed E-state index contributed by atoms with van der Waals surface area (Å²) in [7, 11) is 0. The van der Waals surface area contributed by atoms with E-state index in [0.29, 0.717) is 11.8 Å². The van der Waals surface area contributed by atoms with Gasteiger partial charge in [-0.1, -0.05) is 176 Å². The molecular formula is C64H49NO. The normalized spacial score (nSPS) is 21.1. The minimum Gasteiger partial charge on any atom is -0.456 e. The molecule has 0 unspecified atom stereocenters. The van der Waals surface area contributed by atoms with Crippen LogP contribution in [0.2, 0.25) is 0 Å². The second-order valence-corrected chi connectivity index (χ2v) is 19.6. The summed E-state index contributed by atoms with van der Waals surface area (Å²) in [6, 6.07) is 78.9. The second-order valence-electron chi connectivity index (χ2n) is 19.6. The monoisotopic (exact) mass is 847 g/mol. The molecule has 5 aliphatic rings. The molecule has 2 nitrogen and oxygen atoms in total. The highest BCUT2D eigenvalue weighted by Gasteiger charge is 2.62. The van der Waals surface area contributed by atoms with Gasteiger partial charge in [-0.3, -0.25) is 0 Å². The fraction of sp³-hybridized carbons (Fsp3) is 0.156. The van der Waals surface area contributed by atoms with Crippen molar-refractivity contribution < 1.29 is 4.42 Å². The molecule has 66 heavy (non-hydrogen) atoms. The predicted octanol–water partition coefficient (Wildman–Crippen LogP) is 17.4. The molecule has 4 bridgehead atoms. The number of nitrogens with zero attached hydrogens (tertiary/aromatic N) is 1. The Hall–Kier alpha value is -7.42. The molecule has 316 valence electrons. The Morgan fingerprint density at radius 2 is 0.909 bits per heavy atom. The summed E-state index contributed by atoms with van der Waals surface area (Å²) in [5.74, 6) is 3.12. The summed E-state index contributed by atoms with van der Waals surface area (Å²) in [6.07, 6.45) is 6.87. The van der Waals surface area contributed by atoms with Crippen LogP contribution in [0.4, 0.5) is 17.1 Å². The minimum atomic E-state index is 0.0497. The number of hydrogen-bond acceptors (Lipinski definition) is 2. The fourth-order valence-electron chi connectivity index (χ4n) is 14.0. The van der Waals surface area contributed by atoms with Crippen LogP contribution in [0.5, 0.6) is 0 Å². The lowest BCUT2D eigenvalue weighted by Crippen LogP contribution is -2.55. The topological polar surface area (TPSA) is 16.4 Å². The van der Waals surface area contributed by atoms with Gasteiger partial charge < -0.3 is 9.32 Å². The Morgan fingerprint density at radius 3 is 1.70 bits per heavy atom.